The second-order valence-corrected chi connectivity index (χ2v) is 4.33. The Morgan fingerprint density at radius 1 is 0.929 bits per heavy atom. The van der Waals surface area contributed by atoms with Gasteiger partial charge in [-0.05, 0) is 19.9 Å². The van der Waals surface area contributed by atoms with E-state index in [-0.39, 0.29) is 0 Å². The molecule has 0 atom stereocenters. The molecule has 0 fully saturated rings. The van der Waals surface area contributed by atoms with E-state index in [4.69, 9.17) is 4.43 Å². The fourth-order valence-corrected chi connectivity index (χ4v) is 1.70. The maximum atomic E-state index is 5.28. The fourth-order valence-electron chi connectivity index (χ4n) is 1.03. The summed E-state index contributed by atoms with van der Waals surface area (Å²) in [6.45, 7) is 10.4. The molecule has 14 heavy (non-hydrogen) atoms. The molecule has 0 aliphatic heterocycles. The summed E-state index contributed by atoms with van der Waals surface area (Å²) in [5, 5.41) is 6.71. The van der Waals surface area contributed by atoms with Crippen LogP contribution >= 0.6 is 0 Å². The smallest absolute Gasteiger partial charge is 0.235 e. The monoisotopic (exact) mass is 219 g/mol. The molecule has 0 aromatic rings. The second kappa shape index (κ2) is 13.1. The minimum atomic E-state index is -0.442. The lowest BCUT2D eigenvalue weighted by Crippen LogP contribution is -2.34. The standard InChI is InChI=1S/C9H25N3OSi/c1-3-5-10-6-7-11-8-9-12-14-13-4-2/h10-12H,3-9,14H2,1-2H3. The van der Waals surface area contributed by atoms with Gasteiger partial charge in [0.25, 0.3) is 0 Å². The molecule has 0 saturated heterocycles. The molecule has 3 N–H and O–H groups in total. The molecule has 0 aliphatic carbocycles. The Balaban J connectivity index is 2.78. The van der Waals surface area contributed by atoms with E-state index in [0.717, 1.165) is 39.3 Å². The van der Waals surface area contributed by atoms with Crippen LogP contribution < -0.4 is 15.6 Å². The van der Waals surface area contributed by atoms with Crippen LogP contribution in [-0.4, -0.2) is 49.3 Å². The van der Waals surface area contributed by atoms with Crippen LogP contribution in [0.15, 0.2) is 0 Å². The van der Waals surface area contributed by atoms with Gasteiger partial charge in [0.2, 0.25) is 9.92 Å². The molecule has 0 spiro atoms. The SMILES string of the molecule is CCCNCCNCCN[SiH2]OCC. The summed E-state index contributed by atoms with van der Waals surface area (Å²) in [6, 6.07) is 0. The summed E-state index contributed by atoms with van der Waals surface area (Å²) in [5.41, 5.74) is 0. The van der Waals surface area contributed by atoms with Crippen molar-refractivity contribution in [3.8, 4) is 0 Å². The number of nitrogens with one attached hydrogen (secondary N) is 3. The second-order valence-electron chi connectivity index (χ2n) is 3.14. The third kappa shape index (κ3) is 12.1. The summed E-state index contributed by atoms with van der Waals surface area (Å²) < 4.78 is 5.28. The lowest BCUT2D eigenvalue weighted by Gasteiger charge is -2.06. The number of hydrogen-bond acceptors (Lipinski definition) is 4. The first-order valence-electron chi connectivity index (χ1n) is 5.61. The molecule has 0 unspecified atom stereocenters. The zero-order chi connectivity index (χ0) is 10.5. The first-order chi connectivity index (χ1) is 6.91. The molecule has 5 heteroatoms. The Bertz CT molecular complexity index is 94.1. The van der Waals surface area contributed by atoms with Crippen molar-refractivity contribution in [3.63, 3.8) is 0 Å². The summed E-state index contributed by atoms with van der Waals surface area (Å²) in [4.78, 5) is 3.32. The topological polar surface area (TPSA) is 45.3 Å². The highest BCUT2D eigenvalue weighted by Gasteiger charge is 1.88. The maximum absolute atomic E-state index is 5.28. The van der Waals surface area contributed by atoms with Crippen molar-refractivity contribution in [2.45, 2.75) is 20.3 Å². The summed E-state index contributed by atoms with van der Waals surface area (Å²) >= 11 is 0. The Morgan fingerprint density at radius 3 is 2.21 bits per heavy atom. The van der Waals surface area contributed by atoms with Gasteiger partial charge < -0.3 is 20.0 Å². The zero-order valence-corrected chi connectivity index (χ0v) is 11.0. The third-order valence-electron chi connectivity index (χ3n) is 1.79. The van der Waals surface area contributed by atoms with Gasteiger partial charge in [-0.2, -0.15) is 0 Å². The average molecular weight is 219 g/mol. The van der Waals surface area contributed by atoms with E-state index in [1.54, 1.807) is 0 Å². The van der Waals surface area contributed by atoms with E-state index in [9.17, 15) is 0 Å². The lowest BCUT2D eigenvalue weighted by molar-refractivity contribution is 0.352. The molecule has 0 saturated carbocycles. The molecule has 0 aromatic heterocycles. The van der Waals surface area contributed by atoms with Crippen molar-refractivity contribution >= 4 is 9.92 Å². The number of hydrogen-bond donors (Lipinski definition) is 3. The summed E-state index contributed by atoms with van der Waals surface area (Å²) in [5.74, 6) is 0. The molecule has 4 nitrogen and oxygen atoms in total. The molecule has 0 radical (unpaired) electrons. The van der Waals surface area contributed by atoms with Gasteiger partial charge in [0.15, 0.2) is 0 Å². The molecule has 0 rings (SSSR count). The van der Waals surface area contributed by atoms with Gasteiger partial charge in [-0.25, -0.2) is 0 Å². The Morgan fingerprint density at radius 2 is 1.57 bits per heavy atom. The van der Waals surface area contributed by atoms with E-state index in [2.05, 4.69) is 22.5 Å². The predicted molar refractivity (Wildman–Crippen MR) is 64.2 cm³/mol. The van der Waals surface area contributed by atoms with Crippen LogP contribution in [0.3, 0.4) is 0 Å². The van der Waals surface area contributed by atoms with Crippen LogP contribution in [0, 0.1) is 0 Å². The van der Waals surface area contributed by atoms with Gasteiger partial charge in [-0.1, -0.05) is 6.92 Å². The van der Waals surface area contributed by atoms with E-state index in [1.807, 2.05) is 6.92 Å². The minimum Gasteiger partial charge on any atom is -0.409 e. The van der Waals surface area contributed by atoms with Gasteiger partial charge in [-0.3, -0.25) is 0 Å². The first-order valence-corrected chi connectivity index (χ1v) is 6.90. The van der Waals surface area contributed by atoms with Gasteiger partial charge in [0, 0.05) is 32.8 Å². The van der Waals surface area contributed by atoms with Crippen LogP contribution in [0.25, 0.3) is 0 Å². The molecule has 0 bridgehead atoms. The van der Waals surface area contributed by atoms with Crippen molar-refractivity contribution in [2.75, 3.05) is 39.3 Å². The third-order valence-corrected chi connectivity index (χ3v) is 2.96. The van der Waals surface area contributed by atoms with Crippen molar-refractivity contribution in [1.82, 2.24) is 15.6 Å². The molecule has 86 valence electrons. The fraction of sp³-hybridized carbons (Fsp3) is 1.00. The van der Waals surface area contributed by atoms with Gasteiger partial charge in [0.05, 0.1) is 0 Å². The predicted octanol–water partition coefficient (Wildman–Crippen LogP) is -0.799. The molecular weight excluding hydrogens is 194 g/mol. The number of rotatable bonds is 11. The van der Waals surface area contributed by atoms with Crippen LogP contribution in [0.4, 0.5) is 0 Å². The van der Waals surface area contributed by atoms with Gasteiger partial charge >= 0.3 is 0 Å². The summed E-state index contributed by atoms with van der Waals surface area (Å²) in [6.07, 6.45) is 1.21. The van der Waals surface area contributed by atoms with E-state index in [0.29, 0.717) is 0 Å². The largest absolute Gasteiger partial charge is 0.409 e. The molecule has 0 aromatic carbocycles. The van der Waals surface area contributed by atoms with Crippen LogP contribution in [0.1, 0.15) is 20.3 Å². The van der Waals surface area contributed by atoms with Gasteiger partial charge in [0.1, 0.15) is 0 Å². The molecule has 0 heterocycles. The van der Waals surface area contributed by atoms with Crippen molar-refractivity contribution in [1.29, 1.82) is 0 Å². The highest BCUT2D eigenvalue weighted by Crippen LogP contribution is 1.68. The molecule has 0 amide bonds. The van der Waals surface area contributed by atoms with Crippen LogP contribution in [0.5, 0.6) is 0 Å². The minimum absolute atomic E-state index is 0.442. The highest BCUT2D eigenvalue weighted by atomic mass is 28.2. The Kier molecular flexibility index (Phi) is 13.1. The highest BCUT2D eigenvalue weighted by molar-refractivity contribution is 6.23. The lowest BCUT2D eigenvalue weighted by atomic mass is 10.4. The normalized spacial score (nSPS) is 11.6. The zero-order valence-electron chi connectivity index (χ0n) is 9.57. The maximum Gasteiger partial charge on any atom is 0.235 e. The molecule has 0 aliphatic rings. The Hall–Kier alpha value is 0.0569. The van der Waals surface area contributed by atoms with Crippen molar-refractivity contribution < 1.29 is 4.43 Å². The van der Waals surface area contributed by atoms with Crippen LogP contribution in [-0.2, 0) is 4.43 Å². The Labute approximate surface area is 90.2 Å². The summed E-state index contributed by atoms with van der Waals surface area (Å²) in [7, 11) is -0.442. The quantitative estimate of drug-likeness (QED) is 0.314. The van der Waals surface area contributed by atoms with E-state index >= 15 is 0 Å². The van der Waals surface area contributed by atoms with E-state index < -0.39 is 9.92 Å². The molecular formula is C9H25N3OSi. The average Bonchev–Trinajstić information content (AvgIpc) is 2.21. The van der Waals surface area contributed by atoms with Crippen LogP contribution in [0.2, 0.25) is 0 Å². The van der Waals surface area contributed by atoms with Crippen molar-refractivity contribution in [2.24, 2.45) is 0 Å². The first kappa shape index (κ1) is 14.1. The van der Waals surface area contributed by atoms with E-state index in [1.165, 1.54) is 6.42 Å². The van der Waals surface area contributed by atoms with Crippen molar-refractivity contribution in [3.05, 3.63) is 0 Å². The van der Waals surface area contributed by atoms with Gasteiger partial charge in [-0.15, -0.1) is 0 Å².